The largest absolute Gasteiger partial charge is 0.460 e. The van der Waals surface area contributed by atoms with Crippen molar-refractivity contribution in [3.05, 3.63) is 59.7 Å². The molecule has 41 heavy (non-hydrogen) atoms. The van der Waals surface area contributed by atoms with Crippen LogP contribution in [-0.2, 0) is 20.4 Å². The van der Waals surface area contributed by atoms with Crippen LogP contribution in [0.4, 0.5) is 24.5 Å². The van der Waals surface area contributed by atoms with Gasteiger partial charge in [0, 0.05) is 12.3 Å². The van der Waals surface area contributed by atoms with E-state index in [-0.39, 0.29) is 24.5 Å². The van der Waals surface area contributed by atoms with Crippen LogP contribution < -0.4 is 5.32 Å². The predicted octanol–water partition coefficient (Wildman–Crippen LogP) is 9.73. The smallest absolute Gasteiger partial charge is 0.416 e. The number of esters is 1. The molecule has 2 aromatic carbocycles. The number of anilines is 2. The third-order valence-corrected chi connectivity index (χ3v) is 6.84. The van der Waals surface area contributed by atoms with E-state index in [0.29, 0.717) is 18.9 Å². The lowest BCUT2D eigenvalue weighted by Crippen LogP contribution is -2.14. The molecule has 0 amide bonds. The van der Waals surface area contributed by atoms with Crippen molar-refractivity contribution in [1.82, 2.24) is 0 Å². The molecule has 0 saturated heterocycles. The molecule has 1 N–H and O–H groups in total. The average molecular weight is 580 g/mol. The highest BCUT2D eigenvalue weighted by Crippen LogP contribution is 2.32. The van der Waals surface area contributed by atoms with E-state index in [1.54, 1.807) is 24.3 Å². The van der Waals surface area contributed by atoms with Crippen LogP contribution in [-0.4, -0.2) is 39.0 Å². The Morgan fingerprint density at radius 2 is 1.24 bits per heavy atom. The lowest BCUT2D eigenvalue weighted by Gasteiger charge is -2.13. The van der Waals surface area contributed by atoms with Gasteiger partial charge in [0.2, 0.25) is 0 Å². The molecule has 0 unspecified atom stereocenters. The van der Waals surface area contributed by atoms with E-state index in [1.807, 2.05) is 0 Å². The molecule has 5 nitrogen and oxygen atoms in total. The van der Waals surface area contributed by atoms with Crippen LogP contribution in [0.3, 0.4) is 0 Å². The van der Waals surface area contributed by atoms with E-state index in [9.17, 15) is 18.0 Å². The van der Waals surface area contributed by atoms with Crippen molar-refractivity contribution < 1.29 is 32.2 Å². The molecule has 0 aliphatic rings. The molecule has 0 aliphatic carbocycles. The molecule has 0 spiro atoms. The van der Waals surface area contributed by atoms with Crippen LogP contribution in [0.25, 0.3) is 0 Å². The summed E-state index contributed by atoms with van der Waals surface area (Å²) in [7, 11) is 0. The van der Waals surface area contributed by atoms with Gasteiger partial charge in [-0.05, 0) is 36.8 Å². The summed E-state index contributed by atoms with van der Waals surface area (Å²) in [5.74, 6) is -0.581. The Bertz CT molecular complexity index is 967. The predicted molar refractivity (Wildman–Crippen MR) is 159 cm³/mol. The normalized spacial score (nSPS) is 11.5. The maximum absolute atomic E-state index is 13.0. The number of halogens is 3. The molecule has 0 radical (unpaired) electrons. The standard InChI is InChI=1S/C33H48F3NO4/c1-2-3-4-5-6-7-8-9-10-11-12-13-16-22-39-23-24-40-25-26-41-32(38)30-20-14-15-21-31(30)37-29-19-17-18-28(27-29)33(34,35)36/h14-15,17-21,27,37H,2-13,16,22-26H2,1H3. The number of carbonyl (C=O) groups is 1. The Hall–Kier alpha value is -2.58. The highest BCUT2D eigenvalue weighted by atomic mass is 19.4. The Balaban J connectivity index is 1.47. The second kappa shape index (κ2) is 21.2. The van der Waals surface area contributed by atoms with Gasteiger partial charge in [0.1, 0.15) is 6.61 Å². The van der Waals surface area contributed by atoms with Gasteiger partial charge >= 0.3 is 12.1 Å². The molecule has 2 aromatic rings. The second-order valence-electron chi connectivity index (χ2n) is 10.4. The number of ether oxygens (including phenoxy) is 3. The van der Waals surface area contributed by atoms with E-state index in [2.05, 4.69) is 12.2 Å². The monoisotopic (exact) mass is 579 g/mol. The minimum Gasteiger partial charge on any atom is -0.460 e. The SMILES string of the molecule is CCCCCCCCCCCCCCCOCCOCCOC(=O)c1ccccc1Nc1cccc(C(F)(F)F)c1. The topological polar surface area (TPSA) is 56.8 Å². The Labute approximate surface area is 244 Å². The first-order valence-electron chi connectivity index (χ1n) is 15.3. The van der Waals surface area contributed by atoms with Crippen LogP contribution in [0.2, 0.25) is 0 Å². The molecule has 0 aromatic heterocycles. The number of benzene rings is 2. The summed E-state index contributed by atoms with van der Waals surface area (Å²) in [5, 5.41) is 2.88. The first kappa shape index (κ1) is 34.6. The molecule has 0 saturated carbocycles. The van der Waals surface area contributed by atoms with Crippen LogP contribution in [0.5, 0.6) is 0 Å². The van der Waals surface area contributed by atoms with Crippen molar-refractivity contribution in [2.75, 3.05) is 38.4 Å². The Morgan fingerprint density at radius 1 is 0.683 bits per heavy atom. The first-order chi connectivity index (χ1) is 19.9. The number of hydrogen-bond acceptors (Lipinski definition) is 5. The van der Waals surface area contributed by atoms with Crippen LogP contribution in [0.1, 0.15) is 106 Å². The summed E-state index contributed by atoms with van der Waals surface area (Å²) >= 11 is 0. The summed E-state index contributed by atoms with van der Waals surface area (Å²) in [5.41, 5.74) is 0.0422. The Kier molecular flexibility index (Phi) is 17.9. The van der Waals surface area contributed by atoms with E-state index < -0.39 is 17.7 Å². The fourth-order valence-electron chi connectivity index (χ4n) is 4.51. The fourth-order valence-corrected chi connectivity index (χ4v) is 4.51. The summed E-state index contributed by atoms with van der Waals surface area (Å²) in [6.07, 6.45) is 12.7. The number of nitrogens with one attached hydrogen (secondary N) is 1. The number of hydrogen-bond donors (Lipinski definition) is 1. The van der Waals surface area contributed by atoms with Crippen LogP contribution in [0.15, 0.2) is 48.5 Å². The molecule has 0 fully saturated rings. The van der Waals surface area contributed by atoms with Gasteiger partial charge in [0.15, 0.2) is 0 Å². The molecule has 0 bridgehead atoms. The van der Waals surface area contributed by atoms with Crippen molar-refractivity contribution in [1.29, 1.82) is 0 Å². The summed E-state index contributed by atoms with van der Waals surface area (Å²) < 4.78 is 55.4. The molecule has 2 rings (SSSR count). The van der Waals surface area contributed by atoms with Crippen LogP contribution >= 0.6 is 0 Å². The van der Waals surface area contributed by atoms with Crippen molar-refractivity contribution >= 4 is 17.3 Å². The van der Waals surface area contributed by atoms with Crippen molar-refractivity contribution in [3.8, 4) is 0 Å². The minimum atomic E-state index is -4.45. The number of unbranched alkanes of at least 4 members (excludes halogenated alkanes) is 12. The molecule has 8 heteroatoms. The average Bonchev–Trinajstić information content (AvgIpc) is 2.96. The fraction of sp³-hybridized carbons (Fsp3) is 0.606. The lowest BCUT2D eigenvalue weighted by atomic mass is 10.0. The quantitative estimate of drug-likeness (QED) is 0.105. The van der Waals surface area contributed by atoms with Crippen LogP contribution in [0, 0.1) is 0 Å². The highest BCUT2D eigenvalue weighted by Gasteiger charge is 2.30. The van der Waals surface area contributed by atoms with E-state index in [1.165, 1.54) is 89.2 Å². The first-order valence-corrected chi connectivity index (χ1v) is 15.3. The Morgan fingerprint density at radius 3 is 1.88 bits per heavy atom. The summed E-state index contributed by atoms with van der Waals surface area (Å²) in [6, 6.07) is 11.3. The van der Waals surface area contributed by atoms with Gasteiger partial charge in [-0.15, -0.1) is 0 Å². The molecule has 0 atom stereocenters. The van der Waals surface area contributed by atoms with Gasteiger partial charge in [-0.3, -0.25) is 0 Å². The molecular weight excluding hydrogens is 531 g/mol. The third-order valence-electron chi connectivity index (χ3n) is 6.84. The maximum Gasteiger partial charge on any atom is 0.416 e. The van der Waals surface area contributed by atoms with Crippen molar-refractivity contribution in [3.63, 3.8) is 0 Å². The molecule has 0 heterocycles. The maximum atomic E-state index is 13.0. The molecular formula is C33H48F3NO4. The van der Waals surface area contributed by atoms with E-state index >= 15 is 0 Å². The van der Waals surface area contributed by atoms with Crippen molar-refractivity contribution in [2.24, 2.45) is 0 Å². The lowest BCUT2D eigenvalue weighted by molar-refractivity contribution is -0.137. The molecule has 230 valence electrons. The second-order valence-corrected chi connectivity index (χ2v) is 10.4. The summed E-state index contributed by atoms with van der Waals surface area (Å²) in [6.45, 7) is 4.20. The zero-order valence-corrected chi connectivity index (χ0v) is 24.6. The van der Waals surface area contributed by atoms with Gasteiger partial charge in [-0.25, -0.2) is 4.79 Å². The third kappa shape index (κ3) is 15.9. The van der Waals surface area contributed by atoms with Gasteiger partial charge < -0.3 is 19.5 Å². The van der Waals surface area contributed by atoms with Gasteiger partial charge in [-0.1, -0.05) is 102 Å². The minimum absolute atomic E-state index is 0.0651. The van der Waals surface area contributed by atoms with E-state index in [4.69, 9.17) is 14.2 Å². The summed E-state index contributed by atoms with van der Waals surface area (Å²) in [4.78, 5) is 12.6. The highest BCUT2D eigenvalue weighted by molar-refractivity contribution is 5.96. The number of rotatable bonds is 23. The number of alkyl halides is 3. The number of carbonyl (C=O) groups excluding carboxylic acids is 1. The molecule has 0 aliphatic heterocycles. The number of para-hydroxylation sites is 1. The van der Waals surface area contributed by atoms with Gasteiger partial charge in [0.25, 0.3) is 0 Å². The van der Waals surface area contributed by atoms with E-state index in [0.717, 1.165) is 25.2 Å². The van der Waals surface area contributed by atoms with Gasteiger partial charge in [0.05, 0.1) is 36.6 Å². The zero-order valence-electron chi connectivity index (χ0n) is 24.6. The van der Waals surface area contributed by atoms with Gasteiger partial charge in [-0.2, -0.15) is 13.2 Å². The van der Waals surface area contributed by atoms with Crippen molar-refractivity contribution in [2.45, 2.75) is 96.6 Å². The zero-order chi connectivity index (χ0) is 29.6.